The van der Waals surface area contributed by atoms with Gasteiger partial charge in [0.1, 0.15) is 0 Å². The summed E-state index contributed by atoms with van der Waals surface area (Å²) in [6.07, 6.45) is 5.26. The number of aromatic nitrogens is 3. The van der Waals surface area contributed by atoms with Gasteiger partial charge in [-0.25, -0.2) is 9.97 Å². The second kappa shape index (κ2) is 12.3. The normalized spacial score (nSPS) is 11.4. The minimum Gasteiger partial charge on any atom is -0.360 e. The van der Waals surface area contributed by atoms with Crippen LogP contribution < -0.4 is 16.0 Å². The second-order valence-corrected chi connectivity index (χ2v) is 11.1. The molecule has 10 heteroatoms. The zero-order valence-corrected chi connectivity index (χ0v) is 24.4. The first-order valence-electron chi connectivity index (χ1n) is 13.7. The third-order valence-corrected chi connectivity index (χ3v) is 7.59. The molecule has 0 saturated carbocycles. The monoisotopic (exact) mass is 587 g/mol. The third kappa shape index (κ3) is 6.45. The molecule has 0 aliphatic rings. The van der Waals surface area contributed by atoms with Gasteiger partial charge in [0, 0.05) is 57.9 Å². The van der Waals surface area contributed by atoms with E-state index in [9.17, 15) is 9.59 Å². The van der Waals surface area contributed by atoms with Gasteiger partial charge in [0.2, 0.25) is 11.9 Å². The maximum atomic E-state index is 13.0. The molecule has 0 aliphatic heterocycles. The Hall–Kier alpha value is -5.32. The summed E-state index contributed by atoms with van der Waals surface area (Å²) in [4.78, 5) is 40.0. The van der Waals surface area contributed by atoms with Crippen molar-refractivity contribution < 1.29 is 9.59 Å². The number of carbonyl (C=O) groups excluding carboxylic acids is 2. The molecule has 0 radical (unpaired) electrons. The third-order valence-electron chi connectivity index (χ3n) is 6.68. The lowest BCUT2D eigenvalue weighted by Crippen LogP contribution is -2.13. The fourth-order valence-corrected chi connectivity index (χ4v) is 5.47. The average Bonchev–Trinajstić information content (AvgIpc) is 3.65. The molecule has 6 rings (SSSR count). The van der Waals surface area contributed by atoms with Crippen molar-refractivity contribution in [2.45, 2.75) is 0 Å². The molecule has 6 aromatic rings. The highest BCUT2D eigenvalue weighted by atomic mass is 32.1. The SMILES string of the molecule is CN(C)C/C=C/C(=O)Nc1ccc(C(=O)Nc2cccc(Nc3nc(-c4c[nH]c5ccccc45)c4sccc4n3)c2)cc1. The first-order valence-corrected chi connectivity index (χ1v) is 14.5. The van der Waals surface area contributed by atoms with Crippen molar-refractivity contribution in [2.75, 3.05) is 36.6 Å². The molecule has 4 N–H and O–H groups in total. The summed E-state index contributed by atoms with van der Waals surface area (Å²) >= 11 is 1.61. The molecule has 2 amide bonds. The van der Waals surface area contributed by atoms with E-state index in [0.717, 1.165) is 38.1 Å². The van der Waals surface area contributed by atoms with Crippen LogP contribution in [0.5, 0.6) is 0 Å². The first-order chi connectivity index (χ1) is 20.9. The smallest absolute Gasteiger partial charge is 0.255 e. The zero-order valence-electron chi connectivity index (χ0n) is 23.6. The highest BCUT2D eigenvalue weighted by molar-refractivity contribution is 7.17. The van der Waals surface area contributed by atoms with Gasteiger partial charge in [-0.2, -0.15) is 0 Å². The van der Waals surface area contributed by atoms with Crippen molar-refractivity contribution in [2.24, 2.45) is 0 Å². The quantitative estimate of drug-likeness (QED) is 0.137. The summed E-state index contributed by atoms with van der Waals surface area (Å²) in [5.41, 5.74) is 6.20. The highest BCUT2D eigenvalue weighted by Crippen LogP contribution is 2.35. The lowest BCUT2D eigenvalue weighted by Gasteiger charge is -2.11. The Bertz CT molecular complexity index is 1960. The molecule has 3 aromatic carbocycles. The summed E-state index contributed by atoms with van der Waals surface area (Å²) in [6, 6.07) is 24.3. The van der Waals surface area contributed by atoms with Crippen molar-refractivity contribution in [3.8, 4) is 11.3 Å². The fraction of sp³-hybridized carbons (Fsp3) is 0.0909. The van der Waals surface area contributed by atoms with Crippen LogP contribution in [0, 0.1) is 0 Å². The molecular formula is C33H29N7O2S. The molecule has 0 bridgehead atoms. The van der Waals surface area contributed by atoms with E-state index < -0.39 is 0 Å². The number of aromatic amines is 1. The van der Waals surface area contributed by atoms with Crippen molar-refractivity contribution in [1.29, 1.82) is 0 Å². The number of nitrogens with one attached hydrogen (secondary N) is 4. The summed E-state index contributed by atoms with van der Waals surface area (Å²) in [7, 11) is 3.86. The van der Waals surface area contributed by atoms with Crippen LogP contribution in [0.3, 0.4) is 0 Å². The van der Waals surface area contributed by atoms with E-state index in [-0.39, 0.29) is 11.8 Å². The molecular weight excluding hydrogens is 558 g/mol. The Kier molecular flexibility index (Phi) is 7.94. The lowest BCUT2D eigenvalue weighted by atomic mass is 10.1. The molecule has 0 atom stereocenters. The van der Waals surface area contributed by atoms with Gasteiger partial charge in [-0.05, 0) is 74.1 Å². The molecule has 0 spiro atoms. The maximum absolute atomic E-state index is 13.0. The summed E-state index contributed by atoms with van der Waals surface area (Å²) in [5, 5.41) is 12.2. The van der Waals surface area contributed by atoms with Crippen molar-refractivity contribution in [1.82, 2.24) is 19.9 Å². The topological polar surface area (TPSA) is 115 Å². The molecule has 0 saturated heterocycles. The van der Waals surface area contributed by atoms with Gasteiger partial charge in [0.25, 0.3) is 5.91 Å². The van der Waals surface area contributed by atoms with Gasteiger partial charge in [-0.1, -0.05) is 30.3 Å². The van der Waals surface area contributed by atoms with Gasteiger partial charge >= 0.3 is 0 Å². The Morgan fingerprint density at radius 1 is 0.907 bits per heavy atom. The van der Waals surface area contributed by atoms with Crippen LogP contribution in [0.15, 0.2) is 103 Å². The summed E-state index contributed by atoms with van der Waals surface area (Å²) < 4.78 is 1.02. The number of rotatable bonds is 9. The van der Waals surface area contributed by atoms with Crippen LogP contribution in [-0.2, 0) is 4.79 Å². The largest absolute Gasteiger partial charge is 0.360 e. The number of H-pyrrole nitrogens is 1. The van der Waals surface area contributed by atoms with E-state index in [1.807, 2.05) is 79.1 Å². The number of anilines is 4. The van der Waals surface area contributed by atoms with Crippen LogP contribution >= 0.6 is 11.3 Å². The first kappa shape index (κ1) is 27.8. The van der Waals surface area contributed by atoms with Crippen LogP contribution in [0.2, 0.25) is 0 Å². The Morgan fingerprint density at radius 3 is 2.56 bits per heavy atom. The predicted molar refractivity (Wildman–Crippen MR) is 175 cm³/mol. The number of nitrogens with zero attached hydrogens (tertiary/aromatic N) is 3. The number of likely N-dealkylation sites (N-methyl/N-ethyl adjacent to an activating group) is 1. The van der Waals surface area contributed by atoms with Crippen molar-refractivity contribution in [3.05, 3.63) is 108 Å². The van der Waals surface area contributed by atoms with E-state index in [1.54, 1.807) is 41.7 Å². The van der Waals surface area contributed by atoms with E-state index in [4.69, 9.17) is 9.97 Å². The zero-order chi connectivity index (χ0) is 29.8. The Morgan fingerprint density at radius 2 is 1.72 bits per heavy atom. The van der Waals surface area contributed by atoms with Crippen molar-refractivity contribution in [3.63, 3.8) is 0 Å². The highest BCUT2D eigenvalue weighted by Gasteiger charge is 2.15. The van der Waals surface area contributed by atoms with Gasteiger partial charge in [0.15, 0.2) is 0 Å². The van der Waals surface area contributed by atoms with Gasteiger partial charge in [-0.3, -0.25) is 9.59 Å². The van der Waals surface area contributed by atoms with E-state index in [1.165, 1.54) is 6.08 Å². The predicted octanol–water partition coefficient (Wildman–Crippen LogP) is 6.89. The molecule has 3 heterocycles. The molecule has 0 aliphatic carbocycles. The maximum Gasteiger partial charge on any atom is 0.255 e. The number of para-hydroxylation sites is 1. The Labute approximate surface area is 252 Å². The number of fused-ring (bicyclic) bond motifs is 2. The van der Waals surface area contributed by atoms with Gasteiger partial charge in [0.05, 0.1) is 15.9 Å². The standard InChI is InChI=1S/C33H29N7O2S/c1-40(2)17-6-11-29(41)35-22-14-12-21(13-15-22)32(42)36-23-7-5-8-24(19-23)37-33-38-28-16-18-43-31(28)30(39-33)26-20-34-27-10-4-3-9-25(26)27/h3-16,18-20,34H,17H2,1-2H3,(H,35,41)(H,36,42)(H,37,38,39)/b11-6+. The van der Waals surface area contributed by atoms with E-state index >= 15 is 0 Å². The van der Waals surface area contributed by atoms with Gasteiger partial charge in [-0.15, -0.1) is 11.3 Å². The summed E-state index contributed by atoms with van der Waals surface area (Å²) in [6.45, 7) is 0.673. The molecule has 43 heavy (non-hydrogen) atoms. The van der Waals surface area contributed by atoms with Crippen LogP contribution in [0.4, 0.5) is 23.0 Å². The molecule has 0 unspecified atom stereocenters. The van der Waals surface area contributed by atoms with Crippen LogP contribution in [0.25, 0.3) is 32.4 Å². The lowest BCUT2D eigenvalue weighted by molar-refractivity contribution is -0.111. The molecule has 0 fully saturated rings. The van der Waals surface area contributed by atoms with Gasteiger partial charge < -0.3 is 25.8 Å². The number of thiophene rings is 1. The van der Waals surface area contributed by atoms with Crippen molar-refractivity contribution >= 4 is 67.3 Å². The van der Waals surface area contributed by atoms with E-state index in [2.05, 4.69) is 27.0 Å². The molecule has 9 nitrogen and oxygen atoms in total. The number of amides is 2. The molecule has 214 valence electrons. The Balaban J connectivity index is 1.16. The minimum absolute atomic E-state index is 0.223. The van der Waals surface area contributed by atoms with Crippen LogP contribution in [0.1, 0.15) is 10.4 Å². The number of hydrogen-bond donors (Lipinski definition) is 4. The second-order valence-electron chi connectivity index (χ2n) is 10.2. The minimum atomic E-state index is -0.265. The molecule has 3 aromatic heterocycles. The van der Waals surface area contributed by atoms with E-state index in [0.29, 0.717) is 29.4 Å². The van der Waals surface area contributed by atoms with Crippen LogP contribution in [-0.4, -0.2) is 52.3 Å². The number of benzene rings is 3. The average molecular weight is 588 g/mol. The number of carbonyl (C=O) groups is 2. The number of hydrogen-bond acceptors (Lipinski definition) is 7. The summed E-state index contributed by atoms with van der Waals surface area (Å²) in [5.74, 6) is -0.0265. The fourth-order valence-electron chi connectivity index (χ4n) is 4.64.